The summed E-state index contributed by atoms with van der Waals surface area (Å²) in [6.07, 6.45) is 5.54. The first-order valence-electron chi connectivity index (χ1n) is 14.7. The molecule has 1 aromatic heterocycles. The van der Waals surface area contributed by atoms with Crippen LogP contribution in [0.2, 0.25) is 0 Å². The number of para-hydroxylation sites is 1. The van der Waals surface area contributed by atoms with Gasteiger partial charge in [-0.05, 0) is 95.7 Å². The topological polar surface area (TPSA) is 134 Å². The van der Waals surface area contributed by atoms with E-state index in [0.29, 0.717) is 36.8 Å². The predicted octanol–water partition coefficient (Wildman–Crippen LogP) is 4.11. The van der Waals surface area contributed by atoms with Crippen LogP contribution in [0, 0.1) is 6.92 Å². The van der Waals surface area contributed by atoms with Gasteiger partial charge in [-0.15, -0.1) is 10.2 Å². The van der Waals surface area contributed by atoms with Crippen LogP contribution in [0.3, 0.4) is 0 Å². The summed E-state index contributed by atoms with van der Waals surface area (Å²) in [4.78, 5) is 31.2. The number of aromatic nitrogens is 1. The van der Waals surface area contributed by atoms with Crippen LogP contribution in [0.4, 0.5) is 11.4 Å². The van der Waals surface area contributed by atoms with Crippen molar-refractivity contribution in [1.82, 2.24) is 19.3 Å². The van der Waals surface area contributed by atoms with Gasteiger partial charge in [-0.25, -0.2) is 0 Å². The fourth-order valence-corrected chi connectivity index (χ4v) is 6.39. The second kappa shape index (κ2) is 12.3. The Kier molecular flexibility index (Phi) is 8.77. The maximum atomic E-state index is 13.8. The molecule has 2 aromatic rings. The zero-order valence-corrected chi connectivity index (χ0v) is 24.3. The van der Waals surface area contributed by atoms with Gasteiger partial charge in [0.05, 0.1) is 6.54 Å². The zero-order chi connectivity index (χ0) is 29.3. The molecule has 0 bridgehead atoms. The van der Waals surface area contributed by atoms with E-state index in [1.54, 1.807) is 13.0 Å². The molecule has 11 heteroatoms. The molecule has 3 fully saturated rings. The largest absolute Gasteiger partial charge is 0.505 e. The maximum absolute atomic E-state index is 13.8. The number of hydrogen-bond donors (Lipinski definition) is 3. The van der Waals surface area contributed by atoms with Crippen molar-refractivity contribution >= 4 is 17.3 Å². The number of aliphatic carboxylic acids is 1. The molecule has 0 spiro atoms. The molecule has 0 amide bonds. The van der Waals surface area contributed by atoms with E-state index >= 15 is 0 Å². The monoisotopic (exact) mass is 566 g/mol. The summed E-state index contributed by atoms with van der Waals surface area (Å²) in [6.45, 7) is 5.35. The predicted molar refractivity (Wildman–Crippen MR) is 156 cm³/mol. The molecule has 3 aliphatic rings. The molecule has 0 atom stereocenters. The average molecular weight is 567 g/mol. The molecular formula is C30H42N6O5. The number of benzene rings is 1. The van der Waals surface area contributed by atoms with Gasteiger partial charge in [0.2, 0.25) is 0 Å². The highest BCUT2D eigenvalue weighted by molar-refractivity contribution is 5.69. The standard InChI is InChI=1S/C30H42N6O5/c1-19-24(17-33(2)3)29(40)36(22-11-15-35(16-12-22)21-7-8-21)30(41)27(19)32-31-25-6-4-5-23(28(25)39)20-9-13-34(14-10-20)18-26(37)38/h4-6,20-22,39-40H,7-18H2,1-3H3,(H,37,38). The van der Waals surface area contributed by atoms with Crippen LogP contribution in [-0.2, 0) is 11.3 Å². The van der Waals surface area contributed by atoms with Crippen LogP contribution in [-0.4, -0.2) is 93.4 Å². The van der Waals surface area contributed by atoms with E-state index in [1.165, 1.54) is 17.4 Å². The number of phenolic OH excluding ortho intramolecular Hbond substituents is 1. The van der Waals surface area contributed by atoms with Gasteiger partial charge >= 0.3 is 5.97 Å². The lowest BCUT2D eigenvalue weighted by Gasteiger charge is -2.34. The first-order valence-corrected chi connectivity index (χ1v) is 14.7. The van der Waals surface area contributed by atoms with Crippen molar-refractivity contribution in [3.05, 3.63) is 45.2 Å². The van der Waals surface area contributed by atoms with Gasteiger partial charge in [0.1, 0.15) is 11.4 Å². The average Bonchev–Trinajstić information content (AvgIpc) is 3.78. The van der Waals surface area contributed by atoms with Crippen LogP contribution in [0.1, 0.15) is 67.2 Å². The highest BCUT2D eigenvalue weighted by Crippen LogP contribution is 2.40. The number of piperidine rings is 2. The van der Waals surface area contributed by atoms with Gasteiger partial charge in [-0.3, -0.25) is 19.1 Å². The number of nitrogens with zero attached hydrogens (tertiary/aromatic N) is 6. The molecule has 41 heavy (non-hydrogen) atoms. The minimum absolute atomic E-state index is 0.00380. The third-order valence-corrected chi connectivity index (χ3v) is 8.82. The molecule has 2 aliphatic heterocycles. The van der Waals surface area contributed by atoms with E-state index < -0.39 is 5.97 Å². The number of aromatic hydroxyl groups is 2. The first kappa shape index (κ1) is 29.2. The van der Waals surface area contributed by atoms with Gasteiger partial charge in [0.25, 0.3) is 5.56 Å². The third-order valence-electron chi connectivity index (χ3n) is 8.82. The first-order chi connectivity index (χ1) is 19.6. The second-order valence-corrected chi connectivity index (χ2v) is 12.0. The Balaban J connectivity index is 1.43. The maximum Gasteiger partial charge on any atom is 0.317 e. The van der Waals surface area contributed by atoms with E-state index in [1.807, 2.05) is 36.0 Å². The van der Waals surface area contributed by atoms with Crippen molar-refractivity contribution in [1.29, 1.82) is 0 Å². The normalized spacial score (nSPS) is 19.9. The molecule has 0 radical (unpaired) electrons. The van der Waals surface area contributed by atoms with Gasteiger partial charge in [0.15, 0.2) is 11.6 Å². The van der Waals surface area contributed by atoms with Crippen molar-refractivity contribution in [2.45, 2.75) is 70.0 Å². The Morgan fingerprint density at radius 2 is 1.66 bits per heavy atom. The molecule has 1 saturated carbocycles. The fourth-order valence-electron chi connectivity index (χ4n) is 6.39. The molecule has 11 nitrogen and oxygen atoms in total. The molecule has 0 unspecified atom stereocenters. The number of azo groups is 1. The van der Waals surface area contributed by atoms with Gasteiger partial charge in [-0.2, -0.15) is 0 Å². The Bertz CT molecular complexity index is 1350. The smallest absolute Gasteiger partial charge is 0.317 e. The summed E-state index contributed by atoms with van der Waals surface area (Å²) < 4.78 is 1.52. The van der Waals surface area contributed by atoms with E-state index in [-0.39, 0.29) is 47.1 Å². The minimum Gasteiger partial charge on any atom is -0.505 e. The summed E-state index contributed by atoms with van der Waals surface area (Å²) in [6, 6.07) is 5.92. The molecule has 5 rings (SSSR count). The van der Waals surface area contributed by atoms with Crippen LogP contribution in [0.5, 0.6) is 11.6 Å². The molecule has 222 valence electrons. The zero-order valence-electron chi connectivity index (χ0n) is 24.3. The van der Waals surface area contributed by atoms with Gasteiger partial charge < -0.3 is 25.1 Å². The lowest BCUT2D eigenvalue weighted by Crippen LogP contribution is -2.39. The number of carboxylic acids is 1. The van der Waals surface area contributed by atoms with Crippen molar-refractivity contribution in [2.24, 2.45) is 10.2 Å². The Morgan fingerprint density at radius 3 is 2.27 bits per heavy atom. The number of hydrogen-bond acceptors (Lipinski definition) is 9. The molecule has 3 heterocycles. The van der Waals surface area contributed by atoms with E-state index in [4.69, 9.17) is 5.11 Å². The molecule has 1 aromatic carbocycles. The van der Waals surface area contributed by atoms with Crippen molar-refractivity contribution in [2.75, 3.05) is 46.8 Å². The van der Waals surface area contributed by atoms with E-state index in [2.05, 4.69) is 15.1 Å². The summed E-state index contributed by atoms with van der Waals surface area (Å²) in [5.41, 5.74) is 2.08. The summed E-state index contributed by atoms with van der Waals surface area (Å²) in [7, 11) is 3.83. The minimum atomic E-state index is -0.838. The SMILES string of the molecule is Cc1c(CN(C)C)c(O)n(C2CCN(C3CC3)CC2)c(=O)c1N=Nc1cccc(C2CCN(CC(=O)O)CC2)c1O. The van der Waals surface area contributed by atoms with Gasteiger partial charge in [0, 0.05) is 37.3 Å². The number of likely N-dealkylation sites (tertiary alicyclic amines) is 2. The molecule has 1 aliphatic carbocycles. The summed E-state index contributed by atoms with van der Waals surface area (Å²) >= 11 is 0. The molecular weight excluding hydrogens is 524 g/mol. The van der Waals surface area contributed by atoms with Crippen LogP contribution < -0.4 is 5.56 Å². The van der Waals surface area contributed by atoms with Crippen LogP contribution in [0.25, 0.3) is 0 Å². The quantitative estimate of drug-likeness (QED) is 0.386. The van der Waals surface area contributed by atoms with Crippen molar-refractivity contribution < 1.29 is 20.1 Å². The van der Waals surface area contributed by atoms with E-state index in [9.17, 15) is 19.8 Å². The number of pyridine rings is 1. The van der Waals surface area contributed by atoms with Crippen molar-refractivity contribution in [3.8, 4) is 11.6 Å². The lowest BCUT2D eigenvalue weighted by atomic mass is 9.88. The van der Waals surface area contributed by atoms with Crippen LogP contribution in [0.15, 0.2) is 33.2 Å². The van der Waals surface area contributed by atoms with Crippen molar-refractivity contribution in [3.63, 3.8) is 0 Å². The highest BCUT2D eigenvalue weighted by Gasteiger charge is 2.34. The highest BCUT2D eigenvalue weighted by atomic mass is 16.4. The number of carbonyl (C=O) groups is 1. The molecule has 3 N–H and O–H groups in total. The van der Waals surface area contributed by atoms with Gasteiger partial charge in [-0.1, -0.05) is 12.1 Å². The fraction of sp³-hybridized carbons (Fsp3) is 0.600. The Morgan fingerprint density at radius 1 is 0.976 bits per heavy atom. The summed E-state index contributed by atoms with van der Waals surface area (Å²) in [5.74, 6) is -0.722. The van der Waals surface area contributed by atoms with E-state index in [0.717, 1.165) is 44.3 Å². The Hall–Kier alpha value is -3.28. The number of rotatable bonds is 9. The second-order valence-electron chi connectivity index (χ2n) is 12.0. The molecule has 2 saturated heterocycles. The summed E-state index contributed by atoms with van der Waals surface area (Å²) in [5, 5.41) is 40.3. The number of carboxylic acid groups (broad SMARTS) is 1. The third kappa shape index (κ3) is 6.47. The number of phenols is 1. The van der Waals surface area contributed by atoms with Crippen LogP contribution >= 0.6 is 0 Å². The Labute approximate surface area is 240 Å². The lowest BCUT2D eigenvalue weighted by molar-refractivity contribution is -0.138.